The van der Waals surface area contributed by atoms with Crippen LogP contribution in [0.15, 0.2) is 86.6 Å². The number of nitrogens with one attached hydrogen (secondary N) is 1. The lowest BCUT2D eigenvalue weighted by Gasteiger charge is -2.06. The number of nitrogens with zero attached hydrogens (tertiary/aromatic N) is 2. The minimum Gasteiger partial charge on any atom is -0.459 e. The van der Waals surface area contributed by atoms with Gasteiger partial charge in [-0.1, -0.05) is 42.5 Å². The van der Waals surface area contributed by atoms with Crippen molar-refractivity contribution in [2.24, 2.45) is 0 Å². The van der Waals surface area contributed by atoms with Gasteiger partial charge in [0.25, 0.3) is 5.89 Å². The highest BCUT2D eigenvalue weighted by Gasteiger charge is 2.15. The summed E-state index contributed by atoms with van der Waals surface area (Å²) < 4.78 is 11.1. The fraction of sp³-hybridized carbons (Fsp3) is 0.0500. The van der Waals surface area contributed by atoms with Gasteiger partial charge in [0.05, 0.1) is 6.26 Å². The van der Waals surface area contributed by atoms with Gasteiger partial charge < -0.3 is 14.2 Å². The molecule has 0 atom stereocenters. The molecule has 0 aliphatic carbocycles. The summed E-state index contributed by atoms with van der Waals surface area (Å²) in [6.45, 7) is -0.260. The van der Waals surface area contributed by atoms with Gasteiger partial charge in [0.2, 0.25) is 5.91 Å². The monoisotopic (exact) mass is 361 g/mol. The first-order chi connectivity index (χ1) is 13.2. The van der Waals surface area contributed by atoms with Crippen molar-refractivity contribution in [3.05, 3.63) is 83.5 Å². The molecule has 0 radical (unpaired) electrons. The van der Waals surface area contributed by atoms with Crippen molar-refractivity contribution in [1.29, 1.82) is 0 Å². The molecule has 134 valence electrons. The summed E-state index contributed by atoms with van der Waals surface area (Å²) in [5.74, 6) is -0.757. The molecule has 4 aromatic rings. The Morgan fingerprint density at radius 3 is 2.41 bits per heavy atom. The standard InChI is InChI=1S/C20H15N3O4/c24-18(13-23-20(25)27-19(22-23)17-7-4-12-26-17)21-16-10-8-15(9-11-16)14-5-2-1-3-6-14/h1-12H,13H2,(H,21,24). The minimum atomic E-state index is -0.726. The van der Waals surface area contributed by atoms with Crippen LogP contribution in [-0.4, -0.2) is 15.7 Å². The molecule has 0 saturated carbocycles. The number of rotatable bonds is 5. The molecular formula is C20H15N3O4. The second kappa shape index (κ2) is 7.17. The van der Waals surface area contributed by atoms with Gasteiger partial charge in [-0.25, -0.2) is 4.79 Å². The fourth-order valence-electron chi connectivity index (χ4n) is 2.62. The predicted molar refractivity (Wildman–Crippen MR) is 99.0 cm³/mol. The SMILES string of the molecule is O=C(Cn1nc(-c2ccco2)oc1=O)Nc1ccc(-c2ccccc2)cc1. The zero-order chi connectivity index (χ0) is 18.6. The Balaban J connectivity index is 1.43. The Morgan fingerprint density at radius 2 is 1.70 bits per heavy atom. The molecule has 2 aromatic heterocycles. The number of furan rings is 1. The second-order valence-corrected chi connectivity index (χ2v) is 5.80. The summed E-state index contributed by atoms with van der Waals surface area (Å²) in [6.07, 6.45) is 1.44. The van der Waals surface area contributed by atoms with Gasteiger partial charge in [0.15, 0.2) is 5.76 Å². The normalized spacial score (nSPS) is 10.7. The van der Waals surface area contributed by atoms with Crippen LogP contribution in [-0.2, 0) is 11.3 Å². The van der Waals surface area contributed by atoms with Crippen molar-refractivity contribution in [2.75, 3.05) is 5.32 Å². The molecule has 0 bridgehead atoms. The van der Waals surface area contributed by atoms with Gasteiger partial charge in [-0.15, -0.1) is 5.10 Å². The van der Waals surface area contributed by atoms with E-state index in [1.54, 1.807) is 24.3 Å². The van der Waals surface area contributed by atoms with Crippen LogP contribution >= 0.6 is 0 Å². The lowest BCUT2D eigenvalue weighted by atomic mass is 10.1. The number of aromatic nitrogens is 2. The van der Waals surface area contributed by atoms with Crippen molar-refractivity contribution >= 4 is 11.6 Å². The number of carbonyl (C=O) groups is 1. The molecule has 0 unspecified atom stereocenters. The third-order valence-electron chi connectivity index (χ3n) is 3.91. The topological polar surface area (TPSA) is 90.3 Å². The maximum Gasteiger partial charge on any atom is 0.437 e. The van der Waals surface area contributed by atoms with E-state index in [1.165, 1.54) is 6.26 Å². The fourth-order valence-corrected chi connectivity index (χ4v) is 2.62. The molecule has 2 heterocycles. The maximum atomic E-state index is 12.2. The van der Waals surface area contributed by atoms with Crippen molar-refractivity contribution in [3.63, 3.8) is 0 Å². The molecule has 1 amide bonds. The molecule has 4 rings (SSSR count). The molecule has 0 aliphatic heterocycles. The molecule has 7 heteroatoms. The molecule has 0 aliphatic rings. The summed E-state index contributed by atoms with van der Waals surface area (Å²) in [7, 11) is 0. The predicted octanol–water partition coefficient (Wildman–Crippen LogP) is 3.40. The van der Waals surface area contributed by atoms with Gasteiger partial charge in [0, 0.05) is 5.69 Å². The third kappa shape index (κ3) is 3.72. The lowest BCUT2D eigenvalue weighted by Crippen LogP contribution is -2.25. The third-order valence-corrected chi connectivity index (χ3v) is 3.91. The van der Waals surface area contributed by atoms with Crippen LogP contribution in [0.5, 0.6) is 0 Å². The largest absolute Gasteiger partial charge is 0.459 e. The number of carbonyl (C=O) groups excluding carboxylic acids is 1. The van der Waals surface area contributed by atoms with Crippen LogP contribution in [0, 0.1) is 0 Å². The Labute approximate surface area is 153 Å². The van der Waals surface area contributed by atoms with E-state index in [4.69, 9.17) is 8.83 Å². The van der Waals surface area contributed by atoms with Crippen LogP contribution in [0.3, 0.4) is 0 Å². The van der Waals surface area contributed by atoms with Gasteiger partial charge in [0.1, 0.15) is 6.54 Å². The smallest absolute Gasteiger partial charge is 0.437 e. The summed E-state index contributed by atoms with van der Waals surface area (Å²) in [5.41, 5.74) is 2.77. The van der Waals surface area contributed by atoms with Crippen LogP contribution < -0.4 is 11.1 Å². The average Bonchev–Trinajstić information content (AvgIpc) is 3.33. The summed E-state index contributed by atoms with van der Waals surface area (Å²) in [6, 6.07) is 20.6. The van der Waals surface area contributed by atoms with Gasteiger partial charge >= 0.3 is 5.76 Å². The van der Waals surface area contributed by atoms with Gasteiger partial charge in [-0.2, -0.15) is 4.68 Å². The van der Waals surface area contributed by atoms with Crippen molar-refractivity contribution in [3.8, 4) is 22.8 Å². The summed E-state index contributed by atoms with van der Waals surface area (Å²) in [5, 5.41) is 6.71. The first-order valence-corrected chi connectivity index (χ1v) is 8.26. The zero-order valence-corrected chi connectivity index (χ0v) is 14.2. The van der Waals surface area contributed by atoms with Crippen molar-refractivity contribution < 1.29 is 13.6 Å². The first-order valence-electron chi connectivity index (χ1n) is 8.26. The van der Waals surface area contributed by atoms with E-state index in [0.717, 1.165) is 15.8 Å². The van der Waals surface area contributed by atoms with E-state index in [2.05, 4.69) is 10.4 Å². The number of hydrogen-bond donors (Lipinski definition) is 1. The Bertz CT molecular complexity index is 1090. The Morgan fingerprint density at radius 1 is 0.963 bits per heavy atom. The Kier molecular flexibility index (Phi) is 4.40. The molecule has 27 heavy (non-hydrogen) atoms. The molecule has 1 N–H and O–H groups in total. The molecule has 0 fully saturated rings. The highest BCUT2D eigenvalue weighted by molar-refractivity contribution is 5.90. The highest BCUT2D eigenvalue weighted by atomic mass is 16.4. The maximum absolute atomic E-state index is 12.2. The number of hydrogen-bond acceptors (Lipinski definition) is 5. The minimum absolute atomic E-state index is 0.0324. The van der Waals surface area contributed by atoms with Crippen LogP contribution in [0.4, 0.5) is 5.69 Å². The number of benzene rings is 2. The average molecular weight is 361 g/mol. The zero-order valence-electron chi connectivity index (χ0n) is 14.2. The second-order valence-electron chi connectivity index (χ2n) is 5.80. The van der Waals surface area contributed by atoms with E-state index >= 15 is 0 Å². The van der Waals surface area contributed by atoms with Crippen LogP contribution in [0.1, 0.15) is 0 Å². The summed E-state index contributed by atoms with van der Waals surface area (Å²) in [4.78, 5) is 24.0. The quantitative estimate of drug-likeness (QED) is 0.588. The van der Waals surface area contributed by atoms with Crippen LogP contribution in [0.2, 0.25) is 0 Å². The van der Waals surface area contributed by atoms with Gasteiger partial charge in [-0.3, -0.25) is 4.79 Å². The van der Waals surface area contributed by atoms with Gasteiger partial charge in [-0.05, 0) is 35.4 Å². The number of amides is 1. The molecular weight excluding hydrogens is 346 g/mol. The number of anilines is 1. The molecule has 0 spiro atoms. The van der Waals surface area contributed by atoms with E-state index in [1.807, 2.05) is 42.5 Å². The molecule has 7 nitrogen and oxygen atoms in total. The first kappa shape index (κ1) is 16.6. The molecule has 0 saturated heterocycles. The van der Waals surface area contributed by atoms with E-state index < -0.39 is 5.76 Å². The lowest BCUT2D eigenvalue weighted by molar-refractivity contribution is -0.117. The van der Waals surface area contributed by atoms with E-state index in [0.29, 0.717) is 11.4 Å². The van der Waals surface area contributed by atoms with Crippen molar-refractivity contribution in [2.45, 2.75) is 6.54 Å². The Hall–Kier alpha value is -3.87. The van der Waals surface area contributed by atoms with Crippen molar-refractivity contribution in [1.82, 2.24) is 9.78 Å². The summed E-state index contributed by atoms with van der Waals surface area (Å²) >= 11 is 0. The van der Waals surface area contributed by atoms with E-state index in [9.17, 15) is 9.59 Å². The highest BCUT2D eigenvalue weighted by Crippen LogP contribution is 2.21. The van der Waals surface area contributed by atoms with E-state index in [-0.39, 0.29) is 18.3 Å². The van der Waals surface area contributed by atoms with Crippen LogP contribution in [0.25, 0.3) is 22.8 Å². The molecule has 2 aromatic carbocycles.